The molecule has 4 heteroatoms. The number of carbonyl (C=O) groups is 2. The molecule has 0 aromatic carbocycles. The fourth-order valence-electron chi connectivity index (χ4n) is 3.02. The minimum atomic E-state index is -1.05. The Morgan fingerprint density at radius 1 is 1.08 bits per heavy atom. The molecular weight excluding hydrogens is 326 g/mol. The minimum Gasteiger partial charge on any atom is -0.480 e. The van der Waals surface area contributed by atoms with Gasteiger partial charge in [0, 0.05) is 6.08 Å². The highest BCUT2D eigenvalue weighted by atomic mass is 16.4. The summed E-state index contributed by atoms with van der Waals surface area (Å²) < 4.78 is 0. The molecule has 148 valence electrons. The molecule has 0 aliphatic heterocycles. The molecule has 0 spiro atoms. The van der Waals surface area contributed by atoms with Gasteiger partial charge in [-0.05, 0) is 57.3 Å². The summed E-state index contributed by atoms with van der Waals surface area (Å²) in [7, 11) is 0. The van der Waals surface area contributed by atoms with Crippen molar-refractivity contribution in [3.63, 3.8) is 0 Å². The van der Waals surface area contributed by atoms with Crippen molar-refractivity contribution in [1.29, 1.82) is 0 Å². The molecule has 0 radical (unpaired) electrons. The van der Waals surface area contributed by atoms with Gasteiger partial charge in [0.15, 0.2) is 0 Å². The monoisotopic (exact) mass is 363 g/mol. The van der Waals surface area contributed by atoms with E-state index in [9.17, 15) is 9.59 Å². The van der Waals surface area contributed by atoms with E-state index in [-0.39, 0.29) is 12.5 Å². The number of nitrogens with one attached hydrogen (secondary N) is 1. The fourth-order valence-corrected chi connectivity index (χ4v) is 3.02. The lowest BCUT2D eigenvalue weighted by Crippen LogP contribution is -2.27. The van der Waals surface area contributed by atoms with Crippen molar-refractivity contribution in [2.45, 2.75) is 67.2 Å². The Labute approximate surface area is 159 Å². The smallest absolute Gasteiger partial charge is 0.322 e. The number of amides is 1. The maximum absolute atomic E-state index is 11.5. The Hall–Kier alpha value is -1.84. The summed E-state index contributed by atoms with van der Waals surface area (Å²) in [5.41, 5.74) is 2.49. The molecule has 26 heavy (non-hydrogen) atoms. The Morgan fingerprint density at radius 3 is 2.31 bits per heavy atom. The van der Waals surface area contributed by atoms with Gasteiger partial charge in [-0.1, -0.05) is 57.1 Å². The summed E-state index contributed by atoms with van der Waals surface area (Å²) in [6.45, 7) is 12.8. The first-order valence-electron chi connectivity index (χ1n) is 9.61. The first-order chi connectivity index (χ1) is 12.1. The van der Waals surface area contributed by atoms with Crippen LogP contribution in [-0.2, 0) is 9.59 Å². The maximum Gasteiger partial charge on any atom is 0.322 e. The topological polar surface area (TPSA) is 66.4 Å². The lowest BCUT2D eigenvalue weighted by Gasteiger charge is -2.15. The van der Waals surface area contributed by atoms with Crippen LogP contribution < -0.4 is 5.32 Å². The summed E-state index contributed by atoms with van der Waals surface area (Å²) in [5.74, 6) is 0.370. The van der Waals surface area contributed by atoms with Gasteiger partial charge in [0.1, 0.15) is 6.54 Å². The zero-order valence-electron chi connectivity index (χ0n) is 17.3. The van der Waals surface area contributed by atoms with Crippen molar-refractivity contribution < 1.29 is 14.7 Å². The van der Waals surface area contributed by atoms with Crippen LogP contribution in [-0.4, -0.2) is 23.5 Å². The SMILES string of the molecule is CC(/C=C/C(=O)NCC(=O)O)=C\[C@@H](C)C[C@@H](C)C/C(C)=C/CCC(C)C. The van der Waals surface area contributed by atoms with Crippen molar-refractivity contribution in [3.05, 3.63) is 35.5 Å². The van der Waals surface area contributed by atoms with Crippen molar-refractivity contribution in [2.75, 3.05) is 6.54 Å². The first-order valence-corrected chi connectivity index (χ1v) is 9.61. The highest BCUT2D eigenvalue weighted by Crippen LogP contribution is 2.22. The van der Waals surface area contributed by atoms with Gasteiger partial charge in [-0.3, -0.25) is 9.59 Å². The second-order valence-electron chi connectivity index (χ2n) is 7.90. The number of rotatable bonds is 12. The highest BCUT2D eigenvalue weighted by molar-refractivity contribution is 5.90. The Balaban J connectivity index is 4.35. The molecule has 0 fully saturated rings. The lowest BCUT2D eigenvalue weighted by atomic mass is 9.90. The van der Waals surface area contributed by atoms with Crippen LogP contribution in [0.2, 0.25) is 0 Å². The fraction of sp³-hybridized carbons (Fsp3) is 0.636. The molecule has 1 amide bonds. The quantitative estimate of drug-likeness (QED) is 0.287. The number of allylic oxidation sites excluding steroid dienone is 5. The number of aliphatic carboxylic acids is 1. The van der Waals surface area contributed by atoms with Crippen LogP contribution in [0.4, 0.5) is 0 Å². The van der Waals surface area contributed by atoms with Crippen molar-refractivity contribution in [2.24, 2.45) is 17.8 Å². The zero-order chi connectivity index (χ0) is 20.1. The average molecular weight is 364 g/mol. The highest BCUT2D eigenvalue weighted by Gasteiger charge is 2.08. The molecule has 0 saturated carbocycles. The van der Waals surface area contributed by atoms with Gasteiger partial charge in [0.2, 0.25) is 5.91 Å². The molecule has 0 aliphatic carbocycles. The summed E-state index contributed by atoms with van der Waals surface area (Å²) in [4.78, 5) is 21.9. The van der Waals surface area contributed by atoms with E-state index in [0.717, 1.165) is 24.3 Å². The van der Waals surface area contributed by atoms with Crippen LogP contribution in [0, 0.1) is 17.8 Å². The Bertz CT molecular complexity index is 530. The molecule has 0 bridgehead atoms. The average Bonchev–Trinajstić information content (AvgIpc) is 2.49. The standard InChI is InChI=1S/C22H37NO3/c1-16(2)8-7-9-17(3)12-19(5)14-20(6)13-18(4)10-11-21(24)23-15-22(25)26/h9-11,13,16,19-20H,7-8,12,14-15H2,1-6H3,(H,23,24)(H,25,26)/b11-10+,17-9+,18-13+/t19-,20+/m0/s1. The summed E-state index contributed by atoms with van der Waals surface area (Å²) in [5, 5.41) is 10.8. The lowest BCUT2D eigenvalue weighted by molar-refractivity contribution is -0.137. The number of hydrogen-bond acceptors (Lipinski definition) is 2. The third-order valence-corrected chi connectivity index (χ3v) is 4.14. The van der Waals surface area contributed by atoms with E-state index in [1.54, 1.807) is 6.08 Å². The van der Waals surface area contributed by atoms with E-state index in [0.29, 0.717) is 11.8 Å². The third kappa shape index (κ3) is 14.5. The molecule has 0 rings (SSSR count). The van der Waals surface area contributed by atoms with Crippen LogP contribution in [0.5, 0.6) is 0 Å². The number of carboxylic acid groups (broad SMARTS) is 1. The molecule has 4 nitrogen and oxygen atoms in total. The predicted octanol–water partition coefficient (Wildman–Crippen LogP) is 5.12. The molecule has 0 unspecified atom stereocenters. The molecule has 0 heterocycles. The van der Waals surface area contributed by atoms with Crippen LogP contribution in [0.15, 0.2) is 35.5 Å². The summed E-state index contributed by atoms with van der Waals surface area (Å²) in [6.07, 6.45) is 12.3. The van der Waals surface area contributed by atoms with Gasteiger partial charge in [-0.15, -0.1) is 0 Å². The molecular formula is C22H37NO3. The predicted molar refractivity (Wildman–Crippen MR) is 109 cm³/mol. The van der Waals surface area contributed by atoms with E-state index in [1.165, 1.54) is 24.5 Å². The van der Waals surface area contributed by atoms with Crippen molar-refractivity contribution in [1.82, 2.24) is 5.32 Å². The van der Waals surface area contributed by atoms with Crippen LogP contribution >= 0.6 is 0 Å². The molecule has 2 N–H and O–H groups in total. The molecule has 0 aromatic heterocycles. The zero-order valence-corrected chi connectivity index (χ0v) is 17.3. The van der Waals surface area contributed by atoms with Gasteiger partial charge >= 0.3 is 5.97 Å². The first kappa shape index (κ1) is 24.2. The number of carboxylic acids is 1. The Morgan fingerprint density at radius 2 is 1.73 bits per heavy atom. The third-order valence-electron chi connectivity index (χ3n) is 4.14. The van der Waals surface area contributed by atoms with Gasteiger partial charge in [-0.25, -0.2) is 0 Å². The molecule has 0 aliphatic rings. The van der Waals surface area contributed by atoms with Gasteiger partial charge in [0.25, 0.3) is 0 Å². The molecule has 0 aromatic rings. The van der Waals surface area contributed by atoms with E-state index in [2.05, 4.69) is 52.1 Å². The number of carbonyl (C=O) groups excluding carboxylic acids is 1. The Kier molecular flexibility index (Phi) is 12.4. The van der Waals surface area contributed by atoms with Crippen molar-refractivity contribution >= 4 is 11.9 Å². The van der Waals surface area contributed by atoms with Crippen LogP contribution in [0.1, 0.15) is 67.2 Å². The van der Waals surface area contributed by atoms with Crippen LogP contribution in [0.25, 0.3) is 0 Å². The largest absolute Gasteiger partial charge is 0.480 e. The minimum absolute atomic E-state index is 0.357. The van der Waals surface area contributed by atoms with E-state index < -0.39 is 5.97 Å². The van der Waals surface area contributed by atoms with Gasteiger partial charge < -0.3 is 10.4 Å². The van der Waals surface area contributed by atoms with Crippen molar-refractivity contribution in [3.8, 4) is 0 Å². The molecule has 0 saturated heterocycles. The number of hydrogen-bond donors (Lipinski definition) is 2. The normalized spacial score (nSPS) is 15.3. The maximum atomic E-state index is 11.5. The second kappa shape index (κ2) is 13.4. The van der Waals surface area contributed by atoms with E-state index in [1.807, 2.05) is 6.92 Å². The summed E-state index contributed by atoms with van der Waals surface area (Å²) in [6, 6.07) is 0. The summed E-state index contributed by atoms with van der Waals surface area (Å²) >= 11 is 0. The van der Waals surface area contributed by atoms with Crippen LogP contribution in [0.3, 0.4) is 0 Å². The second-order valence-corrected chi connectivity index (χ2v) is 7.90. The molecule has 2 atom stereocenters. The van der Waals surface area contributed by atoms with Gasteiger partial charge in [0.05, 0.1) is 0 Å². The van der Waals surface area contributed by atoms with Gasteiger partial charge in [-0.2, -0.15) is 0 Å². The van der Waals surface area contributed by atoms with E-state index in [4.69, 9.17) is 5.11 Å². The van der Waals surface area contributed by atoms with E-state index >= 15 is 0 Å².